The molecule has 0 amide bonds. The van der Waals surface area contributed by atoms with E-state index in [1.54, 1.807) is 6.07 Å². The first-order valence-electron chi connectivity index (χ1n) is 5.50. The molecule has 1 heterocycles. The highest BCUT2D eigenvalue weighted by Crippen LogP contribution is 2.33. The van der Waals surface area contributed by atoms with Crippen LogP contribution >= 0.6 is 15.9 Å². The van der Waals surface area contributed by atoms with Gasteiger partial charge in [0.05, 0.1) is 5.52 Å². The molecule has 2 rings (SSSR count). The third kappa shape index (κ3) is 2.23. The second-order valence-corrected chi connectivity index (χ2v) is 4.89. The van der Waals surface area contributed by atoms with E-state index in [1.807, 2.05) is 13.8 Å². The van der Waals surface area contributed by atoms with Gasteiger partial charge >= 0.3 is 6.18 Å². The molecule has 0 aliphatic heterocycles. The predicted molar refractivity (Wildman–Crippen MR) is 68.6 cm³/mol. The molecule has 0 radical (unpaired) electrons. The third-order valence-corrected chi connectivity index (χ3v) is 3.81. The summed E-state index contributed by atoms with van der Waals surface area (Å²) in [5, 5.41) is 0.713. The van der Waals surface area contributed by atoms with E-state index in [0.29, 0.717) is 10.9 Å². The van der Waals surface area contributed by atoms with Crippen LogP contribution in [0.4, 0.5) is 13.2 Å². The minimum atomic E-state index is -4.40. The Morgan fingerprint density at radius 1 is 1.28 bits per heavy atom. The van der Waals surface area contributed by atoms with Gasteiger partial charge in [0.2, 0.25) is 0 Å². The number of hydrogen-bond acceptors (Lipinski definition) is 1. The molecule has 2 aromatic rings. The molecule has 0 spiro atoms. The van der Waals surface area contributed by atoms with Gasteiger partial charge in [-0.25, -0.2) is 4.98 Å². The Labute approximate surface area is 111 Å². The zero-order valence-electron chi connectivity index (χ0n) is 9.90. The molecule has 0 bridgehead atoms. The van der Waals surface area contributed by atoms with Crippen molar-refractivity contribution in [3.63, 3.8) is 0 Å². The molecule has 96 valence electrons. The fourth-order valence-corrected chi connectivity index (χ4v) is 2.92. The van der Waals surface area contributed by atoms with Gasteiger partial charge in [-0.3, -0.25) is 0 Å². The van der Waals surface area contributed by atoms with E-state index in [9.17, 15) is 13.2 Å². The molecule has 0 unspecified atom stereocenters. The number of halogens is 4. The number of fused-ring (bicyclic) bond motifs is 1. The highest BCUT2D eigenvalue weighted by atomic mass is 79.9. The van der Waals surface area contributed by atoms with Gasteiger partial charge in [-0.15, -0.1) is 0 Å². The van der Waals surface area contributed by atoms with Crippen molar-refractivity contribution in [1.82, 2.24) is 4.98 Å². The topological polar surface area (TPSA) is 12.9 Å². The van der Waals surface area contributed by atoms with E-state index < -0.39 is 11.9 Å². The molecule has 1 nitrogen and oxygen atoms in total. The molecule has 0 atom stereocenters. The quantitative estimate of drug-likeness (QED) is 0.730. The Kier molecular flexibility index (Phi) is 3.36. The van der Waals surface area contributed by atoms with Crippen LogP contribution in [0.3, 0.4) is 0 Å². The average molecular weight is 318 g/mol. The summed E-state index contributed by atoms with van der Waals surface area (Å²) < 4.78 is 38.6. The van der Waals surface area contributed by atoms with Crippen molar-refractivity contribution in [3.8, 4) is 0 Å². The monoisotopic (exact) mass is 317 g/mol. The molecule has 1 aromatic carbocycles. The number of nitrogens with zero attached hydrogens (tertiary/aromatic N) is 1. The second kappa shape index (κ2) is 4.53. The molecule has 0 aliphatic rings. The molecule has 0 saturated heterocycles. The van der Waals surface area contributed by atoms with Crippen LogP contribution in [-0.4, -0.2) is 4.98 Å². The summed E-state index contributed by atoms with van der Waals surface area (Å²) in [5.41, 5.74) is 1.56. The second-order valence-electron chi connectivity index (χ2n) is 4.10. The zero-order chi connectivity index (χ0) is 13.5. The van der Waals surface area contributed by atoms with Gasteiger partial charge in [-0.05, 0) is 58.6 Å². The minimum absolute atomic E-state index is 0.367. The Bertz CT molecular complexity index is 605. The molecule has 0 aliphatic carbocycles. The number of alkyl halides is 3. The van der Waals surface area contributed by atoms with E-state index in [4.69, 9.17) is 0 Å². The smallest absolute Gasteiger partial charge is 0.243 e. The van der Waals surface area contributed by atoms with Crippen LogP contribution in [0, 0.1) is 6.92 Å². The summed E-state index contributed by atoms with van der Waals surface area (Å²) in [6.45, 7) is 3.89. The maximum absolute atomic E-state index is 12.6. The van der Waals surface area contributed by atoms with Gasteiger partial charge in [0.1, 0.15) is 5.69 Å². The van der Waals surface area contributed by atoms with Gasteiger partial charge in [0, 0.05) is 9.86 Å². The summed E-state index contributed by atoms with van der Waals surface area (Å²) in [7, 11) is 0. The van der Waals surface area contributed by atoms with Crippen molar-refractivity contribution in [1.29, 1.82) is 0 Å². The molecule has 0 saturated carbocycles. The summed E-state index contributed by atoms with van der Waals surface area (Å²) in [4.78, 5) is 3.69. The van der Waals surface area contributed by atoms with Crippen LogP contribution in [0.5, 0.6) is 0 Å². The Balaban J connectivity index is 2.74. The van der Waals surface area contributed by atoms with Crippen molar-refractivity contribution in [2.75, 3.05) is 0 Å². The van der Waals surface area contributed by atoms with Crippen LogP contribution in [0.2, 0.25) is 0 Å². The van der Waals surface area contributed by atoms with Gasteiger partial charge in [0.15, 0.2) is 0 Å². The fraction of sp³-hybridized carbons (Fsp3) is 0.308. The Morgan fingerprint density at radius 2 is 1.94 bits per heavy atom. The Hall–Kier alpha value is -1.10. The molecule has 0 N–H and O–H groups in total. The van der Waals surface area contributed by atoms with Gasteiger partial charge < -0.3 is 0 Å². The van der Waals surface area contributed by atoms with E-state index in [0.717, 1.165) is 28.1 Å². The summed E-state index contributed by atoms with van der Waals surface area (Å²) in [6.07, 6.45) is -3.58. The summed E-state index contributed by atoms with van der Waals surface area (Å²) >= 11 is 3.45. The first-order valence-corrected chi connectivity index (χ1v) is 6.29. The molecule has 1 aromatic heterocycles. The predicted octanol–water partition coefficient (Wildman–Crippen LogP) is 4.89. The highest BCUT2D eigenvalue weighted by Gasteiger charge is 2.32. The molecule has 5 heteroatoms. The molecular formula is C13H11BrF3N. The number of pyridine rings is 1. The normalized spacial score (nSPS) is 12.1. The number of aryl methyl sites for hydroxylation is 1. The number of benzene rings is 1. The maximum Gasteiger partial charge on any atom is 0.433 e. The number of aromatic nitrogens is 1. The third-order valence-electron chi connectivity index (χ3n) is 2.90. The standard InChI is InChI=1S/C13H11BrF3N/c1-3-8-7(2)6-10-9(12(8)14)4-5-11(18-10)13(15,16)17/h4-6H,3H2,1-2H3. The molecule has 18 heavy (non-hydrogen) atoms. The van der Waals surface area contributed by atoms with Gasteiger partial charge in [-0.1, -0.05) is 6.92 Å². The van der Waals surface area contributed by atoms with Crippen LogP contribution in [-0.2, 0) is 12.6 Å². The minimum Gasteiger partial charge on any atom is -0.243 e. The lowest BCUT2D eigenvalue weighted by molar-refractivity contribution is -0.140. The lowest BCUT2D eigenvalue weighted by Gasteiger charge is -2.12. The van der Waals surface area contributed by atoms with Crippen molar-refractivity contribution in [3.05, 3.63) is 39.5 Å². The highest BCUT2D eigenvalue weighted by molar-refractivity contribution is 9.10. The molecular weight excluding hydrogens is 307 g/mol. The van der Waals surface area contributed by atoms with E-state index >= 15 is 0 Å². The summed E-state index contributed by atoms with van der Waals surface area (Å²) in [5.74, 6) is 0. The van der Waals surface area contributed by atoms with Crippen molar-refractivity contribution < 1.29 is 13.2 Å². The van der Waals surface area contributed by atoms with Crippen LogP contribution < -0.4 is 0 Å². The molecule has 0 fully saturated rings. The fourth-order valence-electron chi connectivity index (χ4n) is 1.99. The first-order chi connectivity index (χ1) is 8.34. The van der Waals surface area contributed by atoms with Crippen molar-refractivity contribution in [2.45, 2.75) is 26.4 Å². The largest absolute Gasteiger partial charge is 0.433 e. The Morgan fingerprint density at radius 3 is 2.50 bits per heavy atom. The van der Waals surface area contributed by atoms with E-state index in [-0.39, 0.29) is 0 Å². The van der Waals surface area contributed by atoms with E-state index in [1.165, 1.54) is 6.07 Å². The van der Waals surface area contributed by atoms with Crippen molar-refractivity contribution >= 4 is 26.8 Å². The zero-order valence-corrected chi connectivity index (χ0v) is 11.5. The lowest BCUT2D eigenvalue weighted by Crippen LogP contribution is -2.07. The van der Waals surface area contributed by atoms with Crippen LogP contribution in [0.1, 0.15) is 23.7 Å². The van der Waals surface area contributed by atoms with Crippen LogP contribution in [0.15, 0.2) is 22.7 Å². The van der Waals surface area contributed by atoms with Crippen molar-refractivity contribution in [2.24, 2.45) is 0 Å². The number of rotatable bonds is 1. The van der Waals surface area contributed by atoms with Gasteiger partial charge in [-0.2, -0.15) is 13.2 Å². The average Bonchev–Trinajstić information content (AvgIpc) is 2.27. The lowest BCUT2D eigenvalue weighted by atomic mass is 10.0. The maximum atomic E-state index is 12.6. The first kappa shape index (κ1) is 13.3. The van der Waals surface area contributed by atoms with Gasteiger partial charge in [0.25, 0.3) is 0 Å². The number of hydrogen-bond donors (Lipinski definition) is 0. The van der Waals surface area contributed by atoms with E-state index in [2.05, 4.69) is 20.9 Å². The summed E-state index contributed by atoms with van der Waals surface area (Å²) in [6, 6.07) is 4.18. The van der Waals surface area contributed by atoms with Crippen LogP contribution in [0.25, 0.3) is 10.9 Å². The SMILES string of the molecule is CCc1c(C)cc2nc(C(F)(F)F)ccc2c1Br.